The number of methoxy groups -OCH3 is 1. The van der Waals surface area contributed by atoms with Gasteiger partial charge in [0.15, 0.2) is 0 Å². The predicted molar refractivity (Wildman–Crippen MR) is 77.3 cm³/mol. The number of fused-ring (bicyclic) bond motifs is 6. The number of rotatable bonds is 1. The minimum atomic E-state index is -0.418. The van der Waals surface area contributed by atoms with Gasteiger partial charge in [0.05, 0.1) is 18.7 Å². The first-order valence-corrected chi connectivity index (χ1v) is 7.44. The average Bonchev–Trinajstić information content (AvgIpc) is 3.09. The molecule has 2 unspecified atom stereocenters. The molecule has 0 bridgehead atoms. The summed E-state index contributed by atoms with van der Waals surface area (Å²) in [4.78, 5) is 37.7. The lowest BCUT2D eigenvalue weighted by Crippen LogP contribution is -2.45. The van der Waals surface area contributed by atoms with E-state index in [9.17, 15) is 14.4 Å². The summed E-state index contributed by atoms with van der Waals surface area (Å²) in [6.07, 6.45) is 1.73. The van der Waals surface area contributed by atoms with Crippen molar-refractivity contribution in [3.8, 4) is 0 Å². The summed E-state index contributed by atoms with van der Waals surface area (Å²) in [7, 11) is 1.34. The fraction of sp³-hybridized carbons (Fsp3) is 0.438. The quantitative estimate of drug-likeness (QED) is 0.790. The van der Waals surface area contributed by atoms with Crippen molar-refractivity contribution in [3.05, 3.63) is 29.3 Å². The molecule has 6 nitrogen and oxygen atoms in total. The first-order chi connectivity index (χ1) is 10.6. The van der Waals surface area contributed by atoms with Gasteiger partial charge in [-0.1, -0.05) is 0 Å². The van der Waals surface area contributed by atoms with Gasteiger partial charge in [-0.05, 0) is 30.2 Å². The third kappa shape index (κ3) is 1.70. The Bertz CT molecular complexity index is 699. The number of esters is 1. The SMILES string of the molecule is COC(=O)c1ccc2c(c1)C1NC(=O)CC1[C@@H]1CCC(=O)N21. The van der Waals surface area contributed by atoms with E-state index < -0.39 is 5.97 Å². The van der Waals surface area contributed by atoms with E-state index in [1.54, 1.807) is 18.2 Å². The van der Waals surface area contributed by atoms with Crippen LogP contribution in [0.15, 0.2) is 18.2 Å². The fourth-order valence-corrected chi connectivity index (χ4v) is 4.03. The van der Waals surface area contributed by atoms with E-state index in [0.29, 0.717) is 18.4 Å². The Labute approximate surface area is 127 Å². The number of amides is 2. The molecule has 2 amide bonds. The number of hydrogen-bond donors (Lipinski definition) is 1. The zero-order chi connectivity index (χ0) is 15.4. The van der Waals surface area contributed by atoms with Gasteiger partial charge in [-0.3, -0.25) is 9.59 Å². The first kappa shape index (κ1) is 13.3. The summed E-state index contributed by atoms with van der Waals surface area (Å²) < 4.78 is 4.76. The molecule has 0 aliphatic carbocycles. The van der Waals surface area contributed by atoms with Crippen LogP contribution < -0.4 is 10.2 Å². The Hall–Kier alpha value is -2.37. The van der Waals surface area contributed by atoms with Gasteiger partial charge in [0.2, 0.25) is 11.8 Å². The maximum Gasteiger partial charge on any atom is 0.337 e. The molecule has 6 heteroatoms. The minimum Gasteiger partial charge on any atom is -0.465 e. The average molecular weight is 300 g/mol. The first-order valence-electron chi connectivity index (χ1n) is 7.44. The van der Waals surface area contributed by atoms with E-state index in [4.69, 9.17) is 4.74 Å². The Morgan fingerprint density at radius 2 is 2.18 bits per heavy atom. The molecular formula is C16H16N2O4. The summed E-state index contributed by atoms with van der Waals surface area (Å²) in [6.45, 7) is 0. The number of carbonyl (C=O) groups is 3. The van der Waals surface area contributed by atoms with Gasteiger partial charge >= 0.3 is 5.97 Å². The molecule has 3 aliphatic rings. The van der Waals surface area contributed by atoms with Crippen LogP contribution in [0.1, 0.15) is 41.2 Å². The number of nitrogens with one attached hydrogen (secondary N) is 1. The molecule has 3 heterocycles. The van der Waals surface area contributed by atoms with Gasteiger partial charge < -0.3 is 15.0 Å². The smallest absolute Gasteiger partial charge is 0.337 e. The van der Waals surface area contributed by atoms with Gasteiger partial charge in [0.25, 0.3) is 0 Å². The topological polar surface area (TPSA) is 75.7 Å². The summed E-state index contributed by atoms with van der Waals surface area (Å²) in [5, 5.41) is 2.99. The highest BCUT2D eigenvalue weighted by Gasteiger charge is 2.50. The van der Waals surface area contributed by atoms with E-state index in [2.05, 4.69) is 5.32 Å². The number of ether oxygens (including phenoxy) is 1. The summed E-state index contributed by atoms with van der Waals surface area (Å²) in [5.41, 5.74) is 2.08. The molecule has 114 valence electrons. The van der Waals surface area contributed by atoms with Crippen molar-refractivity contribution in [2.24, 2.45) is 5.92 Å². The van der Waals surface area contributed by atoms with E-state index in [0.717, 1.165) is 17.7 Å². The van der Waals surface area contributed by atoms with Crippen LogP contribution in [0.5, 0.6) is 0 Å². The highest BCUT2D eigenvalue weighted by atomic mass is 16.5. The van der Waals surface area contributed by atoms with Crippen molar-refractivity contribution in [1.29, 1.82) is 0 Å². The summed E-state index contributed by atoms with van der Waals surface area (Å²) in [6, 6.07) is 5.15. The predicted octanol–water partition coefficient (Wildman–Crippen LogP) is 1.16. The van der Waals surface area contributed by atoms with Gasteiger partial charge in [-0.15, -0.1) is 0 Å². The van der Waals surface area contributed by atoms with E-state index >= 15 is 0 Å². The second-order valence-corrected chi connectivity index (χ2v) is 6.05. The van der Waals surface area contributed by atoms with Crippen molar-refractivity contribution >= 4 is 23.5 Å². The van der Waals surface area contributed by atoms with E-state index in [1.807, 2.05) is 4.90 Å². The molecule has 3 atom stereocenters. The molecule has 0 radical (unpaired) electrons. The van der Waals surface area contributed by atoms with E-state index in [1.165, 1.54) is 7.11 Å². The third-order valence-corrected chi connectivity index (χ3v) is 4.96. The fourth-order valence-electron chi connectivity index (χ4n) is 4.03. The Kier molecular flexibility index (Phi) is 2.76. The normalized spacial score (nSPS) is 28.8. The monoisotopic (exact) mass is 300 g/mol. The molecule has 22 heavy (non-hydrogen) atoms. The summed E-state index contributed by atoms with van der Waals surface area (Å²) in [5.74, 6) is -0.238. The second-order valence-electron chi connectivity index (χ2n) is 6.05. The summed E-state index contributed by atoms with van der Waals surface area (Å²) >= 11 is 0. The molecule has 0 aromatic heterocycles. The van der Waals surface area contributed by atoms with Crippen LogP contribution >= 0.6 is 0 Å². The molecule has 1 N–H and O–H groups in total. The third-order valence-electron chi connectivity index (χ3n) is 4.96. The zero-order valence-electron chi connectivity index (χ0n) is 12.2. The lowest BCUT2D eigenvalue weighted by Gasteiger charge is -2.39. The molecule has 0 saturated carbocycles. The van der Waals surface area contributed by atoms with Crippen molar-refractivity contribution in [2.45, 2.75) is 31.3 Å². The second kappa shape index (κ2) is 4.56. The Balaban J connectivity index is 1.86. The van der Waals surface area contributed by atoms with Crippen molar-refractivity contribution in [3.63, 3.8) is 0 Å². The number of hydrogen-bond acceptors (Lipinski definition) is 4. The molecule has 1 aromatic rings. The van der Waals surface area contributed by atoms with Crippen molar-refractivity contribution < 1.29 is 19.1 Å². The molecular weight excluding hydrogens is 284 g/mol. The lowest BCUT2D eigenvalue weighted by atomic mass is 9.81. The molecule has 3 aliphatic heterocycles. The van der Waals surface area contributed by atoms with Crippen LogP contribution in [0.3, 0.4) is 0 Å². The number of benzene rings is 1. The molecule has 2 saturated heterocycles. The van der Waals surface area contributed by atoms with E-state index in [-0.39, 0.29) is 29.8 Å². The minimum absolute atomic E-state index is 0.00520. The Morgan fingerprint density at radius 1 is 1.36 bits per heavy atom. The molecule has 0 spiro atoms. The highest BCUT2D eigenvalue weighted by Crippen LogP contribution is 2.48. The lowest BCUT2D eigenvalue weighted by molar-refractivity contribution is -0.120. The van der Waals surface area contributed by atoms with Crippen LogP contribution in [0.25, 0.3) is 0 Å². The number of nitrogens with zero attached hydrogens (tertiary/aromatic N) is 1. The van der Waals surface area contributed by atoms with Crippen LogP contribution in [0.2, 0.25) is 0 Å². The Morgan fingerprint density at radius 3 is 2.95 bits per heavy atom. The van der Waals surface area contributed by atoms with Crippen LogP contribution in [-0.4, -0.2) is 30.9 Å². The maximum atomic E-state index is 12.2. The maximum absolute atomic E-state index is 12.2. The van der Waals surface area contributed by atoms with Gasteiger partial charge in [-0.25, -0.2) is 4.79 Å². The molecule has 2 fully saturated rings. The zero-order valence-corrected chi connectivity index (χ0v) is 12.2. The number of anilines is 1. The molecule has 1 aromatic carbocycles. The highest BCUT2D eigenvalue weighted by molar-refractivity contribution is 6.00. The van der Waals surface area contributed by atoms with Crippen molar-refractivity contribution in [2.75, 3.05) is 12.0 Å². The van der Waals surface area contributed by atoms with Gasteiger partial charge in [0, 0.05) is 30.5 Å². The van der Waals surface area contributed by atoms with Gasteiger partial charge in [-0.2, -0.15) is 0 Å². The number of carbonyl (C=O) groups excluding carboxylic acids is 3. The van der Waals surface area contributed by atoms with Crippen molar-refractivity contribution in [1.82, 2.24) is 5.32 Å². The van der Waals surface area contributed by atoms with Gasteiger partial charge in [0.1, 0.15) is 0 Å². The van der Waals surface area contributed by atoms with Crippen LogP contribution in [-0.2, 0) is 14.3 Å². The molecule has 4 rings (SSSR count). The van der Waals surface area contributed by atoms with Crippen LogP contribution in [0, 0.1) is 5.92 Å². The standard InChI is InChI=1S/C16H16N2O4/c1-22-16(21)8-2-3-11-9(6-8)15-10(7-13(19)17-15)12-4-5-14(20)18(11)12/h2-3,6,10,12,15H,4-5,7H2,1H3,(H,17,19)/t10?,12-,15?/m0/s1. The van der Waals surface area contributed by atoms with Crippen LogP contribution in [0.4, 0.5) is 5.69 Å². The largest absolute Gasteiger partial charge is 0.465 e.